The summed E-state index contributed by atoms with van der Waals surface area (Å²) in [7, 11) is -4.70. The molecule has 1 unspecified atom stereocenters. The summed E-state index contributed by atoms with van der Waals surface area (Å²) in [5.74, 6) is -3.63. The Morgan fingerprint density at radius 2 is 2.00 bits per heavy atom. The van der Waals surface area contributed by atoms with E-state index in [1.54, 1.807) is 0 Å². The number of halogens is 3. The van der Waals surface area contributed by atoms with Crippen molar-refractivity contribution >= 4 is 21.8 Å². The molecule has 1 atom stereocenters. The third-order valence-corrected chi connectivity index (χ3v) is 3.71. The number of amides is 1. The Labute approximate surface area is 108 Å². The molecule has 0 radical (unpaired) electrons. The van der Waals surface area contributed by atoms with Crippen molar-refractivity contribution < 1.29 is 25.9 Å². The number of hydrogen-bond acceptors (Lipinski definition) is 3. The molecule has 1 aromatic carbocycles. The SMILES string of the molecule is O=C1CC(CS(=O)(=O)F)CN1c1cc(F)ccc1F. The van der Waals surface area contributed by atoms with Crippen LogP contribution in [-0.2, 0) is 15.0 Å². The summed E-state index contributed by atoms with van der Waals surface area (Å²) in [4.78, 5) is 12.6. The maximum absolute atomic E-state index is 13.5. The summed E-state index contributed by atoms with van der Waals surface area (Å²) in [5, 5.41) is 0. The van der Waals surface area contributed by atoms with E-state index in [1.807, 2.05) is 0 Å². The molecule has 1 amide bonds. The van der Waals surface area contributed by atoms with Gasteiger partial charge in [-0.15, -0.1) is 3.89 Å². The number of rotatable bonds is 3. The number of carbonyl (C=O) groups excluding carboxylic acids is 1. The normalized spacial score (nSPS) is 20.1. The van der Waals surface area contributed by atoms with Crippen molar-refractivity contribution in [3.8, 4) is 0 Å². The van der Waals surface area contributed by atoms with Crippen LogP contribution < -0.4 is 4.90 Å². The molecule has 0 saturated carbocycles. The van der Waals surface area contributed by atoms with Gasteiger partial charge in [0, 0.05) is 24.9 Å². The lowest BCUT2D eigenvalue weighted by Gasteiger charge is -2.17. The highest BCUT2D eigenvalue weighted by Gasteiger charge is 2.34. The van der Waals surface area contributed by atoms with Crippen LogP contribution in [0.5, 0.6) is 0 Å². The van der Waals surface area contributed by atoms with Gasteiger partial charge in [0.25, 0.3) is 0 Å². The van der Waals surface area contributed by atoms with Gasteiger partial charge >= 0.3 is 10.2 Å². The lowest BCUT2D eigenvalue weighted by Crippen LogP contribution is -2.26. The first-order valence-corrected chi connectivity index (χ1v) is 6.99. The molecule has 19 heavy (non-hydrogen) atoms. The van der Waals surface area contributed by atoms with Crippen LogP contribution in [0.15, 0.2) is 18.2 Å². The summed E-state index contributed by atoms with van der Waals surface area (Å²) in [6.45, 7) is -0.150. The summed E-state index contributed by atoms with van der Waals surface area (Å²) < 4.78 is 60.1. The monoisotopic (exact) mass is 293 g/mol. The maximum Gasteiger partial charge on any atom is 0.302 e. The Kier molecular flexibility index (Phi) is 3.53. The molecule has 0 aromatic heterocycles. The lowest BCUT2D eigenvalue weighted by atomic mass is 10.1. The number of benzene rings is 1. The minimum absolute atomic E-state index is 0.150. The van der Waals surface area contributed by atoms with E-state index in [-0.39, 0.29) is 18.7 Å². The van der Waals surface area contributed by atoms with E-state index in [0.29, 0.717) is 0 Å². The molecule has 0 spiro atoms. The molecule has 4 nitrogen and oxygen atoms in total. The molecule has 1 aliphatic heterocycles. The van der Waals surface area contributed by atoms with E-state index >= 15 is 0 Å². The van der Waals surface area contributed by atoms with Crippen molar-refractivity contribution in [2.45, 2.75) is 6.42 Å². The molecular formula is C11H10F3NO3S. The summed E-state index contributed by atoms with van der Waals surface area (Å²) in [6, 6.07) is 2.62. The highest BCUT2D eigenvalue weighted by atomic mass is 32.3. The van der Waals surface area contributed by atoms with E-state index in [4.69, 9.17) is 0 Å². The Hall–Kier alpha value is -1.57. The molecule has 0 bridgehead atoms. The fraction of sp³-hybridized carbons (Fsp3) is 0.364. The molecule has 0 aliphatic carbocycles. The van der Waals surface area contributed by atoms with Crippen LogP contribution in [0, 0.1) is 17.6 Å². The van der Waals surface area contributed by atoms with E-state index in [1.165, 1.54) is 0 Å². The fourth-order valence-corrected chi connectivity index (χ4v) is 2.89. The fourth-order valence-electron chi connectivity index (χ4n) is 2.10. The van der Waals surface area contributed by atoms with Crippen LogP contribution in [0.3, 0.4) is 0 Å². The Morgan fingerprint density at radius 1 is 1.32 bits per heavy atom. The van der Waals surface area contributed by atoms with Crippen molar-refractivity contribution in [3.05, 3.63) is 29.8 Å². The van der Waals surface area contributed by atoms with E-state index in [2.05, 4.69) is 0 Å². The Balaban J connectivity index is 2.23. The second kappa shape index (κ2) is 4.84. The van der Waals surface area contributed by atoms with Crippen molar-refractivity contribution in [2.24, 2.45) is 5.92 Å². The van der Waals surface area contributed by atoms with E-state index in [9.17, 15) is 25.9 Å². The van der Waals surface area contributed by atoms with Gasteiger partial charge in [-0.2, -0.15) is 8.42 Å². The van der Waals surface area contributed by atoms with Gasteiger partial charge in [-0.05, 0) is 12.1 Å². The second-order valence-corrected chi connectivity index (χ2v) is 5.79. The average Bonchev–Trinajstić information content (AvgIpc) is 2.60. The zero-order valence-corrected chi connectivity index (χ0v) is 10.5. The van der Waals surface area contributed by atoms with Crippen LogP contribution in [0.2, 0.25) is 0 Å². The molecular weight excluding hydrogens is 283 g/mol. The van der Waals surface area contributed by atoms with Crippen LogP contribution in [-0.4, -0.2) is 26.6 Å². The molecule has 1 heterocycles. The predicted molar refractivity (Wildman–Crippen MR) is 61.7 cm³/mol. The second-order valence-electron chi connectivity index (χ2n) is 4.38. The lowest BCUT2D eigenvalue weighted by molar-refractivity contribution is -0.117. The first kappa shape index (κ1) is 13.9. The third-order valence-electron chi connectivity index (χ3n) is 2.84. The smallest absolute Gasteiger partial charge is 0.302 e. The van der Waals surface area contributed by atoms with E-state index in [0.717, 1.165) is 23.1 Å². The van der Waals surface area contributed by atoms with Gasteiger partial charge in [0.2, 0.25) is 5.91 Å². The summed E-state index contributed by atoms with van der Waals surface area (Å²) in [6.07, 6.45) is -0.209. The maximum atomic E-state index is 13.5. The highest BCUT2D eigenvalue weighted by molar-refractivity contribution is 7.86. The molecule has 104 valence electrons. The number of nitrogens with zero attached hydrogens (tertiary/aromatic N) is 1. The van der Waals surface area contributed by atoms with Gasteiger partial charge in [-0.3, -0.25) is 4.79 Å². The zero-order valence-electron chi connectivity index (χ0n) is 9.64. The number of hydrogen-bond donors (Lipinski definition) is 0. The van der Waals surface area contributed by atoms with Crippen molar-refractivity contribution in [1.29, 1.82) is 0 Å². The summed E-state index contributed by atoms with van der Waals surface area (Å²) >= 11 is 0. The number of anilines is 1. The molecule has 8 heteroatoms. The van der Waals surface area contributed by atoms with Crippen LogP contribution in [0.25, 0.3) is 0 Å². The van der Waals surface area contributed by atoms with Crippen LogP contribution in [0.1, 0.15) is 6.42 Å². The van der Waals surface area contributed by atoms with Gasteiger partial charge in [0.15, 0.2) is 0 Å². The Morgan fingerprint density at radius 3 is 2.63 bits per heavy atom. The average molecular weight is 293 g/mol. The number of carbonyl (C=O) groups is 1. The standard InChI is InChI=1S/C11H10F3NO3S/c12-8-1-2-9(13)10(4-8)15-5-7(3-11(15)16)6-19(14,17)18/h1-2,4,7H,3,5-6H2. The molecule has 1 aliphatic rings. The highest BCUT2D eigenvalue weighted by Crippen LogP contribution is 2.28. The minimum atomic E-state index is -4.70. The van der Waals surface area contributed by atoms with Gasteiger partial charge in [-0.25, -0.2) is 8.78 Å². The van der Waals surface area contributed by atoms with Crippen molar-refractivity contribution in [2.75, 3.05) is 17.2 Å². The molecule has 1 fully saturated rings. The van der Waals surface area contributed by atoms with Gasteiger partial charge in [0.1, 0.15) is 11.6 Å². The van der Waals surface area contributed by atoms with Gasteiger partial charge in [0.05, 0.1) is 11.4 Å². The predicted octanol–water partition coefficient (Wildman–Crippen LogP) is 1.62. The van der Waals surface area contributed by atoms with Crippen molar-refractivity contribution in [3.63, 3.8) is 0 Å². The molecule has 1 saturated heterocycles. The molecule has 0 N–H and O–H groups in total. The van der Waals surface area contributed by atoms with Crippen LogP contribution >= 0.6 is 0 Å². The third kappa shape index (κ3) is 3.25. The van der Waals surface area contributed by atoms with Gasteiger partial charge < -0.3 is 4.90 Å². The topological polar surface area (TPSA) is 54.5 Å². The van der Waals surface area contributed by atoms with E-state index < -0.39 is 39.4 Å². The first-order chi connectivity index (χ1) is 8.76. The first-order valence-electron chi connectivity index (χ1n) is 5.44. The quantitative estimate of drug-likeness (QED) is 0.796. The minimum Gasteiger partial charge on any atom is -0.309 e. The molecule has 2 rings (SSSR count). The van der Waals surface area contributed by atoms with Crippen molar-refractivity contribution in [1.82, 2.24) is 0 Å². The van der Waals surface area contributed by atoms with Gasteiger partial charge in [-0.1, -0.05) is 0 Å². The van der Waals surface area contributed by atoms with Crippen LogP contribution in [0.4, 0.5) is 18.4 Å². The largest absolute Gasteiger partial charge is 0.309 e. The Bertz CT molecular complexity index is 618. The zero-order chi connectivity index (χ0) is 14.2. The summed E-state index contributed by atoms with van der Waals surface area (Å²) in [5.41, 5.74) is -0.260. The molecule has 1 aromatic rings.